The molecule has 0 saturated heterocycles. The maximum atomic E-state index is 12.2. The first-order chi connectivity index (χ1) is 12.1. The largest absolute Gasteiger partial charge is 0.328 e. The number of hydrogen-bond donors (Lipinski definition) is 2. The van der Waals surface area contributed by atoms with Gasteiger partial charge in [-0.25, -0.2) is 4.79 Å². The summed E-state index contributed by atoms with van der Waals surface area (Å²) in [5.41, 5.74) is 0.834. The van der Waals surface area contributed by atoms with Crippen molar-refractivity contribution in [3.63, 3.8) is 0 Å². The predicted molar refractivity (Wildman–Crippen MR) is 100 cm³/mol. The van der Waals surface area contributed by atoms with Gasteiger partial charge < -0.3 is 5.32 Å². The zero-order valence-corrected chi connectivity index (χ0v) is 14.7. The lowest BCUT2D eigenvalue weighted by Crippen LogP contribution is -2.32. The van der Waals surface area contributed by atoms with E-state index in [-0.39, 0.29) is 12.5 Å². The molecule has 8 heteroatoms. The number of anilines is 1. The van der Waals surface area contributed by atoms with Gasteiger partial charge in [-0.3, -0.25) is 19.1 Å². The van der Waals surface area contributed by atoms with Crippen LogP contribution in [0.1, 0.15) is 5.56 Å². The number of thioether (sulfide) groups is 1. The molecule has 0 unspecified atom stereocenters. The number of nitrogens with one attached hydrogen (secondary N) is 2. The first-order valence-corrected chi connectivity index (χ1v) is 9.37. The molecule has 1 amide bonds. The average molecular weight is 373 g/mol. The van der Waals surface area contributed by atoms with Gasteiger partial charge in [-0.15, -0.1) is 11.8 Å². The first-order valence-electron chi connectivity index (χ1n) is 7.44. The van der Waals surface area contributed by atoms with Crippen molar-refractivity contribution in [2.24, 2.45) is 0 Å². The van der Waals surface area contributed by atoms with E-state index in [1.165, 1.54) is 17.8 Å². The number of H-pyrrole nitrogens is 1. The highest BCUT2D eigenvalue weighted by atomic mass is 32.2. The van der Waals surface area contributed by atoms with E-state index >= 15 is 0 Å². The van der Waals surface area contributed by atoms with Crippen molar-refractivity contribution >= 4 is 34.7 Å². The number of thiophene rings is 1. The standard InChI is InChI=1S/C17H15N3O3S2/c21-15-5-7-20(17(23)19-15)9-16(22)18-13-3-1-2-4-14(13)25-11-12-6-8-24-10-12/h1-8,10H,9,11H2,(H,18,22)(H,19,21,23). The van der Waals surface area contributed by atoms with E-state index in [2.05, 4.69) is 21.7 Å². The lowest BCUT2D eigenvalue weighted by molar-refractivity contribution is -0.116. The van der Waals surface area contributed by atoms with Crippen LogP contribution in [0.5, 0.6) is 0 Å². The van der Waals surface area contributed by atoms with Gasteiger partial charge in [0, 0.05) is 22.9 Å². The van der Waals surface area contributed by atoms with E-state index < -0.39 is 11.2 Å². The molecule has 2 N–H and O–H groups in total. The summed E-state index contributed by atoms with van der Waals surface area (Å²) in [5, 5.41) is 6.95. The molecule has 25 heavy (non-hydrogen) atoms. The van der Waals surface area contributed by atoms with Gasteiger partial charge in [-0.2, -0.15) is 11.3 Å². The summed E-state index contributed by atoms with van der Waals surface area (Å²) in [5.74, 6) is 0.480. The topological polar surface area (TPSA) is 84.0 Å². The second-order valence-corrected chi connectivity index (χ2v) is 7.00. The van der Waals surface area contributed by atoms with Crippen molar-refractivity contribution in [1.82, 2.24) is 9.55 Å². The van der Waals surface area contributed by atoms with Crippen LogP contribution >= 0.6 is 23.1 Å². The SMILES string of the molecule is O=C(Cn1ccc(=O)[nH]c1=O)Nc1ccccc1SCc1ccsc1. The molecule has 3 aromatic rings. The van der Waals surface area contributed by atoms with Crippen molar-refractivity contribution in [3.8, 4) is 0 Å². The minimum Gasteiger partial charge on any atom is -0.324 e. The molecule has 0 fully saturated rings. The minimum atomic E-state index is -0.609. The highest BCUT2D eigenvalue weighted by Gasteiger charge is 2.09. The Morgan fingerprint density at radius 3 is 2.80 bits per heavy atom. The molecule has 1 aromatic carbocycles. The Labute approximate surface area is 151 Å². The molecule has 0 aliphatic heterocycles. The average Bonchev–Trinajstić information content (AvgIpc) is 3.10. The number of carbonyl (C=O) groups is 1. The van der Waals surface area contributed by atoms with Crippen LogP contribution in [-0.2, 0) is 17.1 Å². The van der Waals surface area contributed by atoms with E-state index in [1.54, 1.807) is 23.1 Å². The van der Waals surface area contributed by atoms with E-state index in [0.29, 0.717) is 5.69 Å². The van der Waals surface area contributed by atoms with Crippen molar-refractivity contribution in [2.75, 3.05) is 5.32 Å². The summed E-state index contributed by atoms with van der Waals surface area (Å²) >= 11 is 3.29. The van der Waals surface area contributed by atoms with Crippen LogP contribution in [0.25, 0.3) is 0 Å². The molecule has 0 aliphatic rings. The van der Waals surface area contributed by atoms with Gasteiger partial charge in [0.05, 0.1) is 5.69 Å². The molecule has 0 radical (unpaired) electrons. The summed E-state index contributed by atoms with van der Waals surface area (Å²) in [6, 6.07) is 10.8. The third kappa shape index (κ3) is 4.71. The molecular weight excluding hydrogens is 358 g/mol. The van der Waals surface area contributed by atoms with Crippen LogP contribution in [0.15, 0.2) is 67.8 Å². The molecule has 6 nitrogen and oxygen atoms in total. The van der Waals surface area contributed by atoms with Gasteiger partial charge in [-0.1, -0.05) is 12.1 Å². The van der Waals surface area contributed by atoms with E-state index in [4.69, 9.17) is 0 Å². The molecule has 0 spiro atoms. The Balaban J connectivity index is 1.68. The van der Waals surface area contributed by atoms with Crippen LogP contribution in [0.2, 0.25) is 0 Å². The van der Waals surface area contributed by atoms with Gasteiger partial charge in [0.2, 0.25) is 5.91 Å². The highest BCUT2D eigenvalue weighted by Crippen LogP contribution is 2.30. The lowest BCUT2D eigenvalue weighted by Gasteiger charge is -2.11. The number of nitrogens with zero attached hydrogens (tertiary/aromatic N) is 1. The van der Waals surface area contributed by atoms with Crippen molar-refractivity contribution in [1.29, 1.82) is 0 Å². The van der Waals surface area contributed by atoms with Gasteiger partial charge in [0.15, 0.2) is 0 Å². The smallest absolute Gasteiger partial charge is 0.324 e. The number of rotatable bonds is 6. The van der Waals surface area contributed by atoms with Crippen molar-refractivity contribution in [2.45, 2.75) is 17.2 Å². The zero-order valence-electron chi connectivity index (χ0n) is 13.1. The second kappa shape index (κ2) is 8.00. The fourth-order valence-electron chi connectivity index (χ4n) is 2.14. The summed E-state index contributed by atoms with van der Waals surface area (Å²) in [4.78, 5) is 38.0. The van der Waals surface area contributed by atoms with Crippen molar-refractivity contribution < 1.29 is 4.79 Å². The highest BCUT2D eigenvalue weighted by molar-refractivity contribution is 7.98. The third-order valence-corrected chi connectivity index (χ3v) is 5.22. The number of aromatic nitrogens is 2. The number of carbonyl (C=O) groups excluding carboxylic acids is 1. The number of aromatic amines is 1. The molecular formula is C17H15N3O3S2. The maximum Gasteiger partial charge on any atom is 0.328 e. The van der Waals surface area contributed by atoms with Crippen LogP contribution in [-0.4, -0.2) is 15.5 Å². The van der Waals surface area contributed by atoms with Gasteiger partial charge in [0.1, 0.15) is 6.54 Å². The first kappa shape index (κ1) is 17.2. The summed E-state index contributed by atoms with van der Waals surface area (Å²) in [7, 11) is 0. The number of para-hydroxylation sites is 1. The molecule has 0 saturated carbocycles. The van der Waals surface area contributed by atoms with Crippen molar-refractivity contribution in [3.05, 3.63) is 79.8 Å². The van der Waals surface area contributed by atoms with Gasteiger partial charge >= 0.3 is 5.69 Å². The molecule has 0 aliphatic carbocycles. The summed E-state index contributed by atoms with van der Waals surface area (Å²) in [6.45, 7) is -0.168. The number of benzene rings is 1. The minimum absolute atomic E-state index is 0.168. The maximum absolute atomic E-state index is 12.2. The molecule has 3 rings (SSSR count). The Hall–Kier alpha value is -2.58. The fourth-order valence-corrected chi connectivity index (χ4v) is 3.87. The Morgan fingerprint density at radius 1 is 1.20 bits per heavy atom. The van der Waals surface area contributed by atoms with Crippen LogP contribution < -0.4 is 16.6 Å². The predicted octanol–water partition coefficient (Wildman–Crippen LogP) is 2.53. The quantitative estimate of drug-likeness (QED) is 0.651. The van der Waals surface area contributed by atoms with Gasteiger partial charge in [-0.05, 0) is 34.5 Å². The summed E-state index contributed by atoms with van der Waals surface area (Å²) < 4.78 is 1.15. The number of amides is 1. The number of hydrogen-bond acceptors (Lipinski definition) is 5. The molecule has 128 valence electrons. The van der Waals surface area contributed by atoms with E-state index in [0.717, 1.165) is 15.2 Å². The molecule has 2 heterocycles. The monoisotopic (exact) mass is 373 g/mol. The van der Waals surface area contributed by atoms with E-state index in [9.17, 15) is 14.4 Å². The van der Waals surface area contributed by atoms with Crippen LogP contribution in [0, 0.1) is 0 Å². The normalized spacial score (nSPS) is 10.6. The fraction of sp³-hybridized carbons (Fsp3) is 0.118. The Kier molecular flexibility index (Phi) is 5.52. The van der Waals surface area contributed by atoms with Crippen LogP contribution in [0.3, 0.4) is 0 Å². The Bertz CT molecular complexity index is 977. The van der Waals surface area contributed by atoms with E-state index in [1.807, 2.05) is 29.6 Å². The lowest BCUT2D eigenvalue weighted by atomic mass is 10.3. The molecule has 2 aromatic heterocycles. The molecule has 0 atom stereocenters. The van der Waals surface area contributed by atoms with Gasteiger partial charge in [0.25, 0.3) is 5.56 Å². The zero-order chi connectivity index (χ0) is 17.6. The Morgan fingerprint density at radius 2 is 2.04 bits per heavy atom. The van der Waals surface area contributed by atoms with Crippen LogP contribution in [0.4, 0.5) is 5.69 Å². The third-order valence-electron chi connectivity index (χ3n) is 3.35. The second-order valence-electron chi connectivity index (χ2n) is 5.20. The summed E-state index contributed by atoms with van der Waals surface area (Å²) in [6.07, 6.45) is 1.30. The molecule has 0 bridgehead atoms.